The van der Waals surface area contributed by atoms with Gasteiger partial charge in [0, 0.05) is 18.8 Å². The van der Waals surface area contributed by atoms with Crippen LogP contribution < -0.4 is 10.5 Å². The summed E-state index contributed by atoms with van der Waals surface area (Å²) in [6.07, 6.45) is 0. The summed E-state index contributed by atoms with van der Waals surface area (Å²) in [5.74, 6) is 0. The third-order valence-electron chi connectivity index (χ3n) is 2.88. The first-order chi connectivity index (χ1) is 8.36. The lowest BCUT2D eigenvalue weighted by molar-refractivity contribution is 0.358. The van der Waals surface area contributed by atoms with Crippen LogP contribution in [0.2, 0.25) is 0 Å². The summed E-state index contributed by atoms with van der Waals surface area (Å²) in [4.78, 5) is 2.30. The Balaban J connectivity index is 2.71. The number of nitrogens with two attached hydrogens (primary N) is 1. The van der Waals surface area contributed by atoms with Crippen molar-refractivity contribution >= 4 is 15.7 Å². The Bertz CT molecular complexity index is 500. The van der Waals surface area contributed by atoms with Crippen molar-refractivity contribution in [3.8, 4) is 0 Å². The monoisotopic (exact) mass is 271 g/mol. The molecule has 0 atom stereocenters. The molecule has 0 aliphatic heterocycles. The molecule has 1 aromatic carbocycles. The third-order valence-corrected chi connectivity index (χ3v) is 4.34. The zero-order chi connectivity index (χ0) is 13.8. The van der Waals surface area contributed by atoms with Crippen LogP contribution in [0, 0.1) is 6.92 Å². The fourth-order valence-corrected chi connectivity index (χ4v) is 2.53. The molecule has 0 bridgehead atoms. The van der Waals surface area contributed by atoms with E-state index in [0.717, 1.165) is 12.1 Å². The lowest BCUT2D eigenvalue weighted by Crippen LogP contribution is -2.32. The highest BCUT2D eigenvalue weighted by atomic mass is 32.2. The average molecular weight is 271 g/mol. The maximum Gasteiger partial charge on any atom is 0.240 e. The molecule has 3 N–H and O–H groups in total. The Morgan fingerprint density at radius 3 is 2.61 bits per heavy atom. The number of aryl methyl sites for hydroxylation is 1. The number of benzene rings is 1. The number of hydrogen-bond donors (Lipinski definition) is 2. The van der Waals surface area contributed by atoms with Gasteiger partial charge in [0.1, 0.15) is 0 Å². The quantitative estimate of drug-likeness (QED) is 0.751. The van der Waals surface area contributed by atoms with Gasteiger partial charge < -0.3 is 10.6 Å². The van der Waals surface area contributed by atoms with Gasteiger partial charge >= 0.3 is 0 Å². The van der Waals surface area contributed by atoms with E-state index in [1.165, 1.54) is 6.07 Å². The molecule has 0 saturated heterocycles. The molecule has 0 aliphatic rings. The third kappa shape index (κ3) is 3.97. The second-order valence-electron chi connectivity index (χ2n) is 4.31. The van der Waals surface area contributed by atoms with E-state index in [0.29, 0.717) is 18.8 Å². The smallest absolute Gasteiger partial charge is 0.240 e. The molecular weight excluding hydrogens is 250 g/mol. The van der Waals surface area contributed by atoms with Crippen molar-refractivity contribution in [3.05, 3.63) is 23.8 Å². The van der Waals surface area contributed by atoms with E-state index in [4.69, 9.17) is 5.73 Å². The summed E-state index contributed by atoms with van der Waals surface area (Å²) in [6, 6.07) is 4.72. The van der Waals surface area contributed by atoms with Gasteiger partial charge in [-0.15, -0.1) is 0 Å². The Hall–Kier alpha value is -1.11. The van der Waals surface area contributed by atoms with Gasteiger partial charge in [-0.1, -0.05) is 6.92 Å². The van der Waals surface area contributed by atoms with Gasteiger partial charge in [0.15, 0.2) is 0 Å². The van der Waals surface area contributed by atoms with Crippen LogP contribution >= 0.6 is 0 Å². The van der Waals surface area contributed by atoms with E-state index in [9.17, 15) is 8.42 Å². The first kappa shape index (κ1) is 14.9. The van der Waals surface area contributed by atoms with Crippen molar-refractivity contribution in [1.29, 1.82) is 0 Å². The van der Waals surface area contributed by atoms with Gasteiger partial charge in [-0.25, -0.2) is 13.1 Å². The predicted octanol–water partition coefficient (Wildman–Crippen LogP) is 0.807. The Morgan fingerprint density at radius 2 is 2.06 bits per heavy atom. The molecular formula is C12H21N3O2S. The maximum absolute atomic E-state index is 12.0. The summed E-state index contributed by atoms with van der Waals surface area (Å²) in [6.45, 7) is 5.79. The molecule has 0 fully saturated rings. The second kappa shape index (κ2) is 6.17. The summed E-state index contributed by atoms with van der Waals surface area (Å²) in [7, 11) is -1.49. The molecule has 0 radical (unpaired) electrons. The molecule has 0 amide bonds. The van der Waals surface area contributed by atoms with Crippen molar-refractivity contribution in [2.45, 2.75) is 18.7 Å². The van der Waals surface area contributed by atoms with Crippen molar-refractivity contribution in [2.75, 3.05) is 32.4 Å². The highest BCUT2D eigenvalue weighted by Crippen LogP contribution is 2.16. The van der Waals surface area contributed by atoms with Crippen LogP contribution in [0.3, 0.4) is 0 Å². The molecule has 1 rings (SSSR count). The van der Waals surface area contributed by atoms with Crippen LogP contribution in [0.25, 0.3) is 0 Å². The van der Waals surface area contributed by atoms with Crippen LogP contribution in [0.5, 0.6) is 0 Å². The van der Waals surface area contributed by atoms with E-state index in [1.807, 2.05) is 18.9 Å². The molecule has 5 nitrogen and oxygen atoms in total. The van der Waals surface area contributed by atoms with Gasteiger partial charge in [0.2, 0.25) is 10.0 Å². The number of nitrogen functional groups attached to an aromatic ring is 1. The Morgan fingerprint density at radius 1 is 1.39 bits per heavy atom. The SMILES string of the molecule is CCN(C)CCNS(=O)(=O)c1ccc(N)c(C)c1. The summed E-state index contributed by atoms with van der Waals surface area (Å²) >= 11 is 0. The van der Waals surface area contributed by atoms with Gasteiger partial charge in [-0.3, -0.25) is 0 Å². The fraction of sp³-hybridized carbons (Fsp3) is 0.500. The standard InChI is InChI=1S/C12H21N3O2S/c1-4-15(3)8-7-14-18(16,17)11-5-6-12(13)10(2)9-11/h5-6,9,14H,4,7-8,13H2,1-3H3. The highest BCUT2D eigenvalue weighted by Gasteiger charge is 2.14. The summed E-state index contributed by atoms with van der Waals surface area (Å²) in [5.41, 5.74) is 7.03. The molecule has 1 aromatic rings. The molecule has 0 unspecified atom stereocenters. The van der Waals surface area contributed by atoms with E-state index < -0.39 is 10.0 Å². The number of sulfonamides is 1. The van der Waals surface area contributed by atoms with Crippen LogP contribution in [0.1, 0.15) is 12.5 Å². The number of nitrogens with zero attached hydrogens (tertiary/aromatic N) is 1. The van der Waals surface area contributed by atoms with Gasteiger partial charge in [-0.2, -0.15) is 0 Å². The summed E-state index contributed by atoms with van der Waals surface area (Å²) < 4.78 is 26.6. The molecule has 0 saturated carbocycles. The minimum Gasteiger partial charge on any atom is -0.399 e. The normalized spacial score (nSPS) is 12.0. The number of anilines is 1. The van der Waals surface area contributed by atoms with Crippen LogP contribution in [-0.2, 0) is 10.0 Å². The van der Waals surface area contributed by atoms with Crippen LogP contribution in [-0.4, -0.2) is 40.0 Å². The number of hydrogen-bond acceptors (Lipinski definition) is 4. The topological polar surface area (TPSA) is 75.4 Å². The maximum atomic E-state index is 12.0. The van der Waals surface area contributed by atoms with Crippen molar-refractivity contribution in [2.24, 2.45) is 0 Å². The molecule has 18 heavy (non-hydrogen) atoms. The molecule has 0 aromatic heterocycles. The molecule has 0 aliphatic carbocycles. The van der Waals surface area contributed by atoms with E-state index in [1.54, 1.807) is 19.1 Å². The van der Waals surface area contributed by atoms with Crippen molar-refractivity contribution in [1.82, 2.24) is 9.62 Å². The highest BCUT2D eigenvalue weighted by molar-refractivity contribution is 7.89. The van der Waals surface area contributed by atoms with Crippen LogP contribution in [0.15, 0.2) is 23.1 Å². The minimum atomic E-state index is -3.44. The molecule has 0 spiro atoms. The number of likely N-dealkylation sites (N-methyl/N-ethyl adjacent to an activating group) is 1. The number of nitrogens with one attached hydrogen (secondary N) is 1. The van der Waals surface area contributed by atoms with Crippen molar-refractivity contribution < 1.29 is 8.42 Å². The van der Waals surface area contributed by atoms with E-state index in [-0.39, 0.29) is 4.90 Å². The first-order valence-electron chi connectivity index (χ1n) is 5.91. The zero-order valence-corrected chi connectivity index (χ0v) is 11.9. The predicted molar refractivity (Wildman–Crippen MR) is 74.0 cm³/mol. The van der Waals surface area contributed by atoms with Crippen LogP contribution in [0.4, 0.5) is 5.69 Å². The average Bonchev–Trinajstić information content (AvgIpc) is 2.32. The van der Waals surface area contributed by atoms with Gasteiger partial charge in [0.25, 0.3) is 0 Å². The zero-order valence-electron chi connectivity index (χ0n) is 11.1. The Kier molecular flexibility index (Phi) is 5.13. The summed E-state index contributed by atoms with van der Waals surface area (Å²) in [5, 5.41) is 0. The van der Waals surface area contributed by atoms with Gasteiger partial charge in [-0.05, 0) is 44.3 Å². The largest absolute Gasteiger partial charge is 0.399 e. The fourth-order valence-electron chi connectivity index (χ4n) is 1.43. The molecule has 6 heteroatoms. The van der Waals surface area contributed by atoms with E-state index in [2.05, 4.69) is 4.72 Å². The number of rotatable bonds is 6. The minimum absolute atomic E-state index is 0.258. The van der Waals surface area contributed by atoms with E-state index >= 15 is 0 Å². The lowest BCUT2D eigenvalue weighted by Gasteiger charge is -2.14. The molecule has 0 heterocycles. The van der Waals surface area contributed by atoms with Gasteiger partial charge in [0.05, 0.1) is 4.90 Å². The second-order valence-corrected chi connectivity index (χ2v) is 6.08. The lowest BCUT2D eigenvalue weighted by atomic mass is 10.2. The first-order valence-corrected chi connectivity index (χ1v) is 7.39. The Labute approximate surface area is 109 Å². The van der Waals surface area contributed by atoms with Crippen molar-refractivity contribution in [3.63, 3.8) is 0 Å². The molecule has 102 valence electrons.